The quantitative estimate of drug-likeness (QED) is 0.472. The summed E-state index contributed by atoms with van der Waals surface area (Å²) in [7, 11) is 0. The molecular formula is C11H15F3. The van der Waals surface area contributed by atoms with Crippen molar-refractivity contribution in [1.82, 2.24) is 0 Å². The lowest BCUT2D eigenvalue weighted by molar-refractivity contribution is -0.0928. The molecule has 80 valence electrons. The Balaban J connectivity index is 4.73. The van der Waals surface area contributed by atoms with Crippen LogP contribution in [0.1, 0.15) is 27.2 Å². The third kappa shape index (κ3) is 5.62. The Morgan fingerprint density at radius 2 is 1.71 bits per heavy atom. The first-order chi connectivity index (χ1) is 6.38. The van der Waals surface area contributed by atoms with Gasteiger partial charge in [-0.15, -0.1) is 0 Å². The van der Waals surface area contributed by atoms with Gasteiger partial charge in [0.2, 0.25) is 0 Å². The second kappa shape index (κ2) is 5.68. The van der Waals surface area contributed by atoms with Crippen molar-refractivity contribution in [2.45, 2.75) is 33.4 Å². The van der Waals surface area contributed by atoms with Crippen LogP contribution in [0.25, 0.3) is 0 Å². The van der Waals surface area contributed by atoms with Crippen molar-refractivity contribution in [1.29, 1.82) is 0 Å². The molecule has 14 heavy (non-hydrogen) atoms. The standard InChI is InChI=1S/C11H15F3/c1-4-5-6-10(11(12,13)14)8-7-9(2)3/h4-5,7-8H,6H2,1-3H3/b5-4-,10-8+. The van der Waals surface area contributed by atoms with E-state index in [0.717, 1.165) is 11.6 Å². The fourth-order valence-electron chi connectivity index (χ4n) is 0.790. The summed E-state index contributed by atoms with van der Waals surface area (Å²) in [5.74, 6) is 0. The van der Waals surface area contributed by atoms with E-state index in [1.807, 2.05) is 0 Å². The summed E-state index contributed by atoms with van der Waals surface area (Å²) >= 11 is 0. The van der Waals surface area contributed by atoms with Gasteiger partial charge in [-0.05, 0) is 27.2 Å². The molecule has 0 aromatic rings. The molecule has 0 atom stereocenters. The summed E-state index contributed by atoms with van der Waals surface area (Å²) < 4.78 is 37.1. The van der Waals surface area contributed by atoms with Crippen molar-refractivity contribution >= 4 is 0 Å². The van der Waals surface area contributed by atoms with E-state index in [1.54, 1.807) is 26.8 Å². The van der Waals surface area contributed by atoms with E-state index in [1.165, 1.54) is 12.2 Å². The maximum absolute atomic E-state index is 12.4. The van der Waals surface area contributed by atoms with Crippen LogP contribution in [0.2, 0.25) is 0 Å². The molecule has 0 aliphatic rings. The molecule has 0 N–H and O–H groups in total. The van der Waals surface area contributed by atoms with E-state index in [0.29, 0.717) is 0 Å². The van der Waals surface area contributed by atoms with Gasteiger partial charge in [0.1, 0.15) is 0 Å². The third-order valence-corrected chi connectivity index (χ3v) is 1.56. The lowest BCUT2D eigenvalue weighted by atomic mass is 10.1. The predicted octanol–water partition coefficient (Wildman–Crippen LogP) is 4.41. The van der Waals surface area contributed by atoms with Crippen LogP contribution in [-0.4, -0.2) is 6.18 Å². The van der Waals surface area contributed by atoms with Crippen LogP contribution >= 0.6 is 0 Å². The topological polar surface area (TPSA) is 0 Å². The van der Waals surface area contributed by atoms with E-state index in [2.05, 4.69) is 0 Å². The fraction of sp³-hybridized carbons (Fsp3) is 0.455. The molecular weight excluding hydrogens is 189 g/mol. The molecule has 0 fully saturated rings. The third-order valence-electron chi connectivity index (χ3n) is 1.56. The molecule has 3 heteroatoms. The first-order valence-corrected chi connectivity index (χ1v) is 4.40. The lowest BCUT2D eigenvalue weighted by Gasteiger charge is -2.08. The Labute approximate surface area is 82.8 Å². The van der Waals surface area contributed by atoms with Crippen molar-refractivity contribution in [3.63, 3.8) is 0 Å². The average Bonchev–Trinajstić information content (AvgIpc) is 2.01. The highest BCUT2D eigenvalue weighted by Gasteiger charge is 2.31. The van der Waals surface area contributed by atoms with E-state index in [4.69, 9.17) is 0 Å². The molecule has 0 rings (SSSR count). The number of hydrogen-bond donors (Lipinski definition) is 0. The average molecular weight is 204 g/mol. The summed E-state index contributed by atoms with van der Waals surface area (Å²) in [5.41, 5.74) is 0.337. The Hall–Kier alpha value is -0.990. The Morgan fingerprint density at radius 1 is 1.14 bits per heavy atom. The molecule has 0 bridgehead atoms. The molecule has 0 saturated carbocycles. The van der Waals surface area contributed by atoms with Crippen LogP contribution in [0.3, 0.4) is 0 Å². The van der Waals surface area contributed by atoms with Gasteiger partial charge in [0, 0.05) is 5.57 Å². The van der Waals surface area contributed by atoms with Crippen molar-refractivity contribution in [3.8, 4) is 0 Å². The summed E-state index contributed by atoms with van der Waals surface area (Å²) in [5, 5.41) is 0. The minimum Gasteiger partial charge on any atom is -0.166 e. The number of hydrogen-bond acceptors (Lipinski definition) is 0. The van der Waals surface area contributed by atoms with Gasteiger partial charge in [-0.2, -0.15) is 13.2 Å². The zero-order chi connectivity index (χ0) is 11.2. The molecule has 0 spiro atoms. The molecule has 0 unspecified atom stereocenters. The monoisotopic (exact) mass is 204 g/mol. The van der Waals surface area contributed by atoms with Crippen LogP contribution in [0, 0.1) is 0 Å². The molecule has 0 aliphatic heterocycles. The normalized spacial score (nSPS) is 13.4. The minimum absolute atomic E-state index is 0.0657. The second-order valence-corrected chi connectivity index (χ2v) is 3.21. The van der Waals surface area contributed by atoms with E-state index < -0.39 is 11.7 Å². The van der Waals surface area contributed by atoms with Gasteiger partial charge < -0.3 is 0 Å². The highest BCUT2D eigenvalue weighted by atomic mass is 19.4. The van der Waals surface area contributed by atoms with E-state index >= 15 is 0 Å². The second-order valence-electron chi connectivity index (χ2n) is 3.21. The smallest absolute Gasteiger partial charge is 0.166 e. The largest absolute Gasteiger partial charge is 0.412 e. The molecule has 0 amide bonds. The molecule has 0 radical (unpaired) electrons. The molecule has 0 saturated heterocycles. The van der Waals surface area contributed by atoms with Crippen LogP contribution in [0.15, 0.2) is 35.5 Å². The molecule has 0 aromatic carbocycles. The van der Waals surface area contributed by atoms with Gasteiger partial charge in [-0.1, -0.05) is 29.9 Å². The van der Waals surface area contributed by atoms with Gasteiger partial charge in [0.25, 0.3) is 0 Å². The summed E-state index contributed by atoms with van der Waals surface area (Å²) in [4.78, 5) is 0. The molecule has 0 nitrogen and oxygen atoms in total. The van der Waals surface area contributed by atoms with Gasteiger partial charge in [0.15, 0.2) is 0 Å². The van der Waals surface area contributed by atoms with E-state index in [-0.39, 0.29) is 6.42 Å². The number of rotatable bonds is 3. The predicted molar refractivity (Wildman–Crippen MR) is 53.0 cm³/mol. The summed E-state index contributed by atoms with van der Waals surface area (Å²) in [6, 6.07) is 0. The van der Waals surface area contributed by atoms with Crippen LogP contribution in [-0.2, 0) is 0 Å². The Kier molecular flexibility index (Phi) is 5.28. The zero-order valence-electron chi connectivity index (χ0n) is 8.65. The summed E-state index contributed by atoms with van der Waals surface area (Å²) in [6.07, 6.45) is 1.43. The molecule has 0 heterocycles. The first-order valence-electron chi connectivity index (χ1n) is 4.40. The zero-order valence-corrected chi connectivity index (χ0v) is 8.65. The van der Waals surface area contributed by atoms with Gasteiger partial charge in [0.05, 0.1) is 0 Å². The number of alkyl halides is 3. The van der Waals surface area contributed by atoms with Gasteiger partial charge in [-0.3, -0.25) is 0 Å². The molecule has 0 aliphatic carbocycles. The maximum Gasteiger partial charge on any atom is 0.412 e. The number of allylic oxidation sites excluding steroid dienone is 6. The Bertz CT molecular complexity index is 250. The van der Waals surface area contributed by atoms with Crippen molar-refractivity contribution in [2.24, 2.45) is 0 Å². The van der Waals surface area contributed by atoms with Gasteiger partial charge >= 0.3 is 6.18 Å². The maximum atomic E-state index is 12.4. The van der Waals surface area contributed by atoms with Crippen LogP contribution < -0.4 is 0 Å². The summed E-state index contributed by atoms with van der Waals surface area (Å²) in [6.45, 7) is 5.23. The van der Waals surface area contributed by atoms with Crippen molar-refractivity contribution in [3.05, 3.63) is 35.5 Å². The van der Waals surface area contributed by atoms with Gasteiger partial charge in [-0.25, -0.2) is 0 Å². The SMILES string of the molecule is C/C=C\C/C(=C\C=C(C)C)C(F)(F)F. The van der Waals surface area contributed by atoms with E-state index in [9.17, 15) is 13.2 Å². The highest BCUT2D eigenvalue weighted by molar-refractivity contribution is 5.21. The minimum atomic E-state index is -4.23. The first kappa shape index (κ1) is 13.0. The lowest BCUT2D eigenvalue weighted by Crippen LogP contribution is -2.11. The molecule has 0 aromatic heterocycles. The highest BCUT2D eigenvalue weighted by Crippen LogP contribution is 2.28. The number of halogens is 3. The fourth-order valence-corrected chi connectivity index (χ4v) is 0.790. The van der Waals surface area contributed by atoms with Crippen LogP contribution in [0.5, 0.6) is 0 Å². The van der Waals surface area contributed by atoms with Crippen LogP contribution in [0.4, 0.5) is 13.2 Å². The van der Waals surface area contributed by atoms with Crippen molar-refractivity contribution < 1.29 is 13.2 Å². The van der Waals surface area contributed by atoms with Crippen molar-refractivity contribution in [2.75, 3.05) is 0 Å². The Morgan fingerprint density at radius 3 is 2.07 bits per heavy atom.